The van der Waals surface area contributed by atoms with Gasteiger partial charge in [0.1, 0.15) is 16.7 Å². The molecule has 0 saturated heterocycles. The Hall–Kier alpha value is -2.80. The standard InChI is InChI=1S/C14H20N6O3/c1-14(2,3)20(13(22)23)7-6-16-12(21)10-4-5-11(17-8-10)9-18-19-15/h4-5,8,15H,6-7,9H2,1-3H3,(H-,16,21,22,23). The number of carbonyl (C=O) groups is 2. The Kier molecular flexibility index (Phi) is 6.35. The molecule has 2 N–H and O–H groups in total. The highest BCUT2D eigenvalue weighted by Crippen LogP contribution is 2.11. The molecule has 1 rings (SSSR count). The van der Waals surface area contributed by atoms with Gasteiger partial charge >= 0.3 is 0 Å². The van der Waals surface area contributed by atoms with E-state index in [1.165, 1.54) is 6.20 Å². The van der Waals surface area contributed by atoms with Crippen LogP contribution in [0.3, 0.4) is 0 Å². The van der Waals surface area contributed by atoms with Crippen LogP contribution in [0.15, 0.2) is 23.4 Å². The van der Waals surface area contributed by atoms with Gasteiger partial charge in [0, 0.05) is 24.8 Å². The molecule has 0 aliphatic carbocycles. The number of hydrogen-bond donors (Lipinski definition) is 2. The first-order valence-electron chi connectivity index (χ1n) is 7.00. The molecule has 1 aromatic heterocycles. The fourth-order valence-electron chi connectivity index (χ4n) is 1.84. The third-order valence-corrected chi connectivity index (χ3v) is 3.04. The molecule has 9 heteroatoms. The maximum Gasteiger partial charge on any atom is 0.252 e. The Morgan fingerprint density at radius 3 is 2.61 bits per heavy atom. The Morgan fingerprint density at radius 2 is 2.13 bits per heavy atom. The normalized spacial score (nSPS) is 10.6. The second-order valence-electron chi connectivity index (χ2n) is 5.78. The van der Waals surface area contributed by atoms with Crippen molar-refractivity contribution in [2.45, 2.75) is 32.9 Å². The van der Waals surface area contributed by atoms with Crippen molar-refractivity contribution < 1.29 is 14.7 Å². The number of carboxylic acid groups (broad SMARTS) is 1. The summed E-state index contributed by atoms with van der Waals surface area (Å²) < 4.78 is 0. The number of amides is 2. The number of carbonyl (C=O) groups excluding carboxylic acids is 2. The van der Waals surface area contributed by atoms with Crippen molar-refractivity contribution in [3.8, 4) is 0 Å². The van der Waals surface area contributed by atoms with E-state index in [1.54, 1.807) is 32.9 Å². The summed E-state index contributed by atoms with van der Waals surface area (Å²) >= 11 is 0. The minimum absolute atomic E-state index is 0.132. The van der Waals surface area contributed by atoms with Gasteiger partial charge in [0.2, 0.25) is 4.91 Å². The minimum Gasteiger partial charge on any atom is -0.530 e. The molecule has 9 nitrogen and oxygen atoms in total. The van der Waals surface area contributed by atoms with Crippen LogP contribution in [0.2, 0.25) is 0 Å². The highest BCUT2D eigenvalue weighted by atomic mass is 16.4. The molecule has 0 atom stereocenters. The van der Waals surface area contributed by atoms with Crippen LogP contribution in [0.4, 0.5) is 4.79 Å². The Morgan fingerprint density at radius 1 is 1.43 bits per heavy atom. The maximum atomic E-state index is 12.0. The summed E-state index contributed by atoms with van der Waals surface area (Å²) in [6, 6.07) is 3.20. The third-order valence-electron chi connectivity index (χ3n) is 3.04. The number of hydrogen-bond acceptors (Lipinski definition) is 6. The molecule has 0 fully saturated rings. The van der Waals surface area contributed by atoms with E-state index in [4.69, 9.17) is 5.53 Å². The number of nitrogens with zero attached hydrogens (tertiary/aromatic N) is 4. The molecule has 23 heavy (non-hydrogen) atoms. The van der Waals surface area contributed by atoms with E-state index < -0.39 is 11.6 Å². The van der Waals surface area contributed by atoms with Gasteiger partial charge in [-0.3, -0.25) is 9.78 Å². The molecule has 1 heterocycles. The van der Waals surface area contributed by atoms with Crippen LogP contribution in [-0.2, 0) is 6.54 Å². The van der Waals surface area contributed by atoms with Crippen molar-refractivity contribution in [3.63, 3.8) is 0 Å². The van der Waals surface area contributed by atoms with Crippen LogP contribution < -0.4 is 15.3 Å². The second kappa shape index (κ2) is 8.00. The van der Waals surface area contributed by atoms with Crippen LogP contribution in [0.1, 0.15) is 36.8 Å². The van der Waals surface area contributed by atoms with E-state index in [2.05, 4.69) is 20.3 Å². The predicted octanol–water partition coefficient (Wildman–Crippen LogP) is 0.306. The van der Waals surface area contributed by atoms with Gasteiger partial charge in [-0.2, -0.15) is 0 Å². The first kappa shape index (κ1) is 18.2. The molecule has 0 saturated carbocycles. The third kappa shape index (κ3) is 5.84. The molecular formula is C14H20N6O3. The smallest absolute Gasteiger partial charge is 0.252 e. The van der Waals surface area contributed by atoms with Gasteiger partial charge in [0.25, 0.3) is 5.91 Å². The van der Waals surface area contributed by atoms with Crippen molar-refractivity contribution >= 4 is 12.0 Å². The van der Waals surface area contributed by atoms with Crippen molar-refractivity contribution in [3.05, 3.63) is 29.6 Å². The van der Waals surface area contributed by atoms with E-state index in [-0.39, 0.29) is 25.5 Å². The predicted molar refractivity (Wildman–Crippen MR) is 79.4 cm³/mol. The molecular weight excluding hydrogens is 300 g/mol. The summed E-state index contributed by atoms with van der Waals surface area (Å²) in [7, 11) is 0. The number of aromatic nitrogens is 1. The van der Waals surface area contributed by atoms with E-state index in [1.807, 2.05) is 0 Å². The first-order valence-corrected chi connectivity index (χ1v) is 7.00. The maximum absolute atomic E-state index is 12.0. The Balaban J connectivity index is 2.56. The lowest BCUT2D eigenvalue weighted by atomic mass is 10.1. The average molecular weight is 320 g/mol. The SMILES string of the molecule is CC(C)(C)N(CCNC(=O)c1ccc(CN=[N+]=N)nc1)C(=O)[O-]. The molecule has 1 aromatic rings. The number of rotatable bonds is 6. The lowest BCUT2D eigenvalue weighted by molar-refractivity contribution is -0.270. The molecule has 0 aromatic carbocycles. The molecule has 0 aliphatic rings. The van der Waals surface area contributed by atoms with Gasteiger partial charge in [0.05, 0.1) is 11.3 Å². The largest absolute Gasteiger partial charge is 0.530 e. The number of nitrogens with one attached hydrogen (secondary N) is 2. The molecule has 0 unspecified atom stereocenters. The van der Waals surface area contributed by atoms with Crippen LogP contribution in [0.5, 0.6) is 0 Å². The Labute approximate surface area is 133 Å². The van der Waals surface area contributed by atoms with E-state index >= 15 is 0 Å². The van der Waals surface area contributed by atoms with Gasteiger partial charge in [-0.15, -0.1) is 0 Å². The van der Waals surface area contributed by atoms with Gasteiger partial charge in [-0.05, 0) is 32.9 Å². The van der Waals surface area contributed by atoms with E-state index in [0.29, 0.717) is 11.3 Å². The summed E-state index contributed by atoms with van der Waals surface area (Å²) in [5.41, 5.74) is 6.91. The topological polar surface area (TPSA) is 136 Å². The molecule has 0 aliphatic heterocycles. The minimum atomic E-state index is -1.28. The average Bonchev–Trinajstić information content (AvgIpc) is 2.48. The molecule has 0 radical (unpaired) electrons. The van der Waals surface area contributed by atoms with Crippen LogP contribution in [-0.4, -0.2) is 40.5 Å². The van der Waals surface area contributed by atoms with Crippen molar-refractivity contribution in [2.24, 2.45) is 5.11 Å². The van der Waals surface area contributed by atoms with Crippen LogP contribution >= 0.6 is 0 Å². The zero-order valence-corrected chi connectivity index (χ0v) is 13.4. The lowest BCUT2D eigenvalue weighted by Gasteiger charge is -2.37. The fourth-order valence-corrected chi connectivity index (χ4v) is 1.84. The summed E-state index contributed by atoms with van der Waals surface area (Å²) in [5.74, 6) is -0.349. The van der Waals surface area contributed by atoms with Gasteiger partial charge in [0.15, 0.2) is 6.54 Å². The van der Waals surface area contributed by atoms with Gasteiger partial charge < -0.3 is 20.1 Å². The van der Waals surface area contributed by atoms with E-state index in [0.717, 1.165) is 4.90 Å². The Bertz CT molecular complexity index is 602. The van der Waals surface area contributed by atoms with Crippen molar-refractivity contribution in [2.75, 3.05) is 13.1 Å². The summed E-state index contributed by atoms with van der Waals surface area (Å²) in [6.07, 6.45) is 0.117. The highest BCUT2D eigenvalue weighted by molar-refractivity contribution is 5.93. The van der Waals surface area contributed by atoms with Gasteiger partial charge in [-0.25, -0.2) is 0 Å². The summed E-state index contributed by atoms with van der Waals surface area (Å²) in [4.78, 5) is 31.1. The van der Waals surface area contributed by atoms with Crippen LogP contribution in [0, 0.1) is 5.53 Å². The highest BCUT2D eigenvalue weighted by Gasteiger charge is 2.20. The molecule has 0 spiro atoms. The molecule has 124 valence electrons. The lowest BCUT2D eigenvalue weighted by Crippen LogP contribution is -2.53. The number of pyridine rings is 1. The summed E-state index contributed by atoms with van der Waals surface area (Å²) in [5, 5.41) is 17.2. The molecule has 2 amide bonds. The van der Waals surface area contributed by atoms with Gasteiger partial charge in [-0.1, -0.05) is 0 Å². The monoisotopic (exact) mass is 320 g/mol. The van der Waals surface area contributed by atoms with Crippen molar-refractivity contribution in [1.82, 2.24) is 20.1 Å². The van der Waals surface area contributed by atoms with Crippen molar-refractivity contribution in [1.29, 1.82) is 5.53 Å². The second-order valence-corrected chi connectivity index (χ2v) is 5.78. The summed E-state index contributed by atoms with van der Waals surface area (Å²) in [6.45, 7) is 5.73. The molecule has 0 bridgehead atoms. The van der Waals surface area contributed by atoms with Crippen LogP contribution in [0.25, 0.3) is 0 Å². The zero-order valence-electron chi connectivity index (χ0n) is 13.4. The van der Waals surface area contributed by atoms with E-state index in [9.17, 15) is 14.7 Å². The fraction of sp³-hybridized carbons (Fsp3) is 0.500. The quantitative estimate of drug-likeness (QED) is 0.575. The first-order chi connectivity index (χ1) is 10.8. The zero-order chi connectivity index (χ0) is 17.5.